The van der Waals surface area contributed by atoms with Gasteiger partial charge in [-0.05, 0) is 42.5 Å². The van der Waals surface area contributed by atoms with Crippen molar-refractivity contribution in [3.05, 3.63) is 93.9 Å². The molecule has 2 aromatic carbocycles. The third-order valence-electron chi connectivity index (χ3n) is 5.01. The maximum absolute atomic E-state index is 13.5. The van der Waals surface area contributed by atoms with Crippen molar-refractivity contribution in [1.29, 1.82) is 0 Å². The summed E-state index contributed by atoms with van der Waals surface area (Å²) < 4.78 is 28.7. The number of hydrogen-bond donors (Lipinski definition) is 1. The molecule has 2 aromatic heterocycles. The smallest absolute Gasteiger partial charge is 0.237 e. The van der Waals surface area contributed by atoms with Crippen LogP contribution in [0, 0.1) is 11.6 Å². The molecule has 0 saturated heterocycles. The minimum absolute atomic E-state index is 0.204. The number of nitrogens with zero attached hydrogens (tertiary/aromatic N) is 3. The van der Waals surface area contributed by atoms with E-state index in [0.29, 0.717) is 18.1 Å². The Morgan fingerprint density at radius 2 is 1.91 bits per heavy atom. The van der Waals surface area contributed by atoms with Crippen molar-refractivity contribution in [2.45, 2.75) is 36.7 Å². The van der Waals surface area contributed by atoms with Gasteiger partial charge in [0.25, 0.3) is 0 Å². The van der Waals surface area contributed by atoms with Gasteiger partial charge in [-0.25, -0.2) is 8.78 Å². The molecule has 2 heterocycles. The van der Waals surface area contributed by atoms with E-state index >= 15 is 0 Å². The number of benzene rings is 2. The van der Waals surface area contributed by atoms with E-state index in [1.165, 1.54) is 28.3 Å². The van der Waals surface area contributed by atoms with E-state index in [0.717, 1.165) is 24.4 Å². The number of hydrogen-bond acceptors (Lipinski definition) is 5. The Bertz CT molecular complexity index is 1210. The number of nitrogens with one attached hydrogen (secondary N) is 1. The van der Waals surface area contributed by atoms with Gasteiger partial charge in [-0.2, -0.15) is 0 Å². The van der Waals surface area contributed by atoms with Crippen LogP contribution in [-0.4, -0.2) is 25.9 Å². The van der Waals surface area contributed by atoms with Crippen LogP contribution in [0.1, 0.15) is 23.2 Å². The molecular formula is C24H22F2N4OS2. The zero-order chi connectivity index (χ0) is 23.2. The van der Waals surface area contributed by atoms with Crippen molar-refractivity contribution < 1.29 is 13.6 Å². The lowest BCUT2D eigenvalue weighted by Crippen LogP contribution is -2.23. The number of aromatic nitrogens is 3. The number of aryl methyl sites for hydroxylation is 1. The molecule has 33 heavy (non-hydrogen) atoms. The molecule has 0 saturated carbocycles. The van der Waals surface area contributed by atoms with Crippen molar-refractivity contribution in [2.75, 3.05) is 5.32 Å². The maximum atomic E-state index is 13.5. The highest BCUT2D eigenvalue weighted by atomic mass is 32.2. The van der Waals surface area contributed by atoms with E-state index in [2.05, 4.69) is 38.3 Å². The van der Waals surface area contributed by atoms with E-state index in [4.69, 9.17) is 0 Å². The van der Waals surface area contributed by atoms with E-state index < -0.39 is 16.9 Å². The van der Waals surface area contributed by atoms with Crippen molar-refractivity contribution in [1.82, 2.24) is 14.8 Å². The predicted molar refractivity (Wildman–Crippen MR) is 128 cm³/mol. The van der Waals surface area contributed by atoms with Gasteiger partial charge in [-0.15, -0.1) is 21.5 Å². The molecule has 4 rings (SSSR count). The molecule has 9 heteroatoms. The highest BCUT2D eigenvalue weighted by Gasteiger charge is 2.21. The first-order chi connectivity index (χ1) is 16.0. The van der Waals surface area contributed by atoms with Crippen LogP contribution in [0.2, 0.25) is 0 Å². The molecule has 5 nitrogen and oxygen atoms in total. The van der Waals surface area contributed by atoms with Gasteiger partial charge < -0.3 is 9.88 Å². The fourth-order valence-electron chi connectivity index (χ4n) is 3.25. The van der Waals surface area contributed by atoms with Crippen LogP contribution in [0.3, 0.4) is 0 Å². The second-order valence-corrected chi connectivity index (χ2v) is 9.76. The van der Waals surface area contributed by atoms with Gasteiger partial charge in [-0.1, -0.05) is 48.2 Å². The van der Waals surface area contributed by atoms with Crippen LogP contribution in [0.5, 0.6) is 0 Å². The SMILES string of the molecule is CC(Sc1nnc(Cc2cccs2)n1CCc1ccccc1)C(=O)Nc1ccc(F)c(F)c1. The zero-order valence-electron chi connectivity index (χ0n) is 17.9. The predicted octanol–water partition coefficient (Wildman–Crippen LogP) is 5.57. The third kappa shape index (κ3) is 6.06. The summed E-state index contributed by atoms with van der Waals surface area (Å²) in [5.74, 6) is -1.46. The number of carbonyl (C=O) groups excluding carboxylic acids is 1. The Hall–Kier alpha value is -3.04. The molecule has 0 fully saturated rings. The van der Waals surface area contributed by atoms with Gasteiger partial charge in [-0.3, -0.25) is 4.79 Å². The number of halogens is 2. The summed E-state index contributed by atoms with van der Waals surface area (Å²) in [6, 6.07) is 17.5. The molecule has 1 atom stereocenters. The van der Waals surface area contributed by atoms with Gasteiger partial charge >= 0.3 is 0 Å². The largest absolute Gasteiger partial charge is 0.325 e. The molecule has 0 bridgehead atoms. The minimum atomic E-state index is -1.01. The van der Waals surface area contributed by atoms with E-state index in [1.54, 1.807) is 18.3 Å². The number of amides is 1. The number of rotatable bonds is 9. The average Bonchev–Trinajstić information content (AvgIpc) is 3.46. The van der Waals surface area contributed by atoms with Crippen molar-refractivity contribution in [3.63, 3.8) is 0 Å². The van der Waals surface area contributed by atoms with Gasteiger partial charge in [0.1, 0.15) is 5.82 Å². The van der Waals surface area contributed by atoms with E-state index in [1.807, 2.05) is 29.6 Å². The molecule has 4 aromatic rings. The minimum Gasteiger partial charge on any atom is -0.325 e. The molecule has 0 aliphatic carbocycles. The van der Waals surface area contributed by atoms with Crippen LogP contribution in [0.4, 0.5) is 14.5 Å². The highest BCUT2D eigenvalue weighted by molar-refractivity contribution is 8.00. The number of thiophene rings is 1. The van der Waals surface area contributed by atoms with Gasteiger partial charge in [0.15, 0.2) is 16.8 Å². The van der Waals surface area contributed by atoms with Crippen LogP contribution in [-0.2, 0) is 24.2 Å². The average molecular weight is 485 g/mol. The number of anilines is 1. The first kappa shape index (κ1) is 23.1. The van der Waals surface area contributed by atoms with Crippen molar-refractivity contribution in [2.24, 2.45) is 0 Å². The fourth-order valence-corrected chi connectivity index (χ4v) is 4.84. The highest BCUT2D eigenvalue weighted by Crippen LogP contribution is 2.26. The first-order valence-corrected chi connectivity index (χ1v) is 12.2. The summed E-state index contributed by atoms with van der Waals surface area (Å²) >= 11 is 2.95. The van der Waals surface area contributed by atoms with Crippen LogP contribution < -0.4 is 5.32 Å². The maximum Gasteiger partial charge on any atom is 0.237 e. The Balaban J connectivity index is 1.49. The Kier molecular flexibility index (Phi) is 7.51. The third-order valence-corrected chi connectivity index (χ3v) is 6.97. The van der Waals surface area contributed by atoms with Crippen molar-refractivity contribution in [3.8, 4) is 0 Å². The Morgan fingerprint density at radius 1 is 1.09 bits per heavy atom. The topological polar surface area (TPSA) is 59.8 Å². The molecule has 0 aliphatic rings. The first-order valence-electron chi connectivity index (χ1n) is 10.4. The van der Waals surface area contributed by atoms with Crippen LogP contribution in [0.15, 0.2) is 71.2 Å². The molecule has 1 amide bonds. The summed E-state index contributed by atoms with van der Waals surface area (Å²) in [6.07, 6.45) is 1.47. The lowest BCUT2D eigenvalue weighted by atomic mass is 10.1. The molecule has 0 radical (unpaired) electrons. The quantitative estimate of drug-likeness (QED) is 0.316. The summed E-state index contributed by atoms with van der Waals surface area (Å²) in [5.41, 5.74) is 1.41. The summed E-state index contributed by atoms with van der Waals surface area (Å²) in [7, 11) is 0. The van der Waals surface area contributed by atoms with Gasteiger partial charge in [0.2, 0.25) is 5.91 Å². The summed E-state index contributed by atoms with van der Waals surface area (Å²) in [5, 5.41) is 13.5. The van der Waals surface area contributed by atoms with Gasteiger partial charge in [0, 0.05) is 29.6 Å². The zero-order valence-corrected chi connectivity index (χ0v) is 19.5. The molecular weight excluding hydrogens is 462 g/mol. The summed E-state index contributed by atoms with van der Waals surface area (Å²) in [6.45, 7) is 2.42. The van der Waals surface area contributed by atoms with Crippen molar-refractivity contribution >= 4 is 34.7 Å². The lowest BCUT2D eigenvalue weighted by Gasteiger charge is -2.14. The summed E-state index contributed by atoms with van der Waals surface area (Å²) in [4.78, 5) is 13.8. The normalized spacial score (nSPS) is 12.0. The van der Waals surface area contributed by atoms with Gasteiger partial charge in [0.05, 0.1) is 5.25 Å². The molecule has 0 spiro atoms. The number of carbonyl (C=O) groups is 1. The molecule has 170 valence electrons. The second-order valence-electron chi connectivity index (χ2n) is 7.42. The monoisotopic (exact) mass is 484 g/mol. The standard InChI is InChI=1S/C24H22F2N4OS2/c1-16(23(31)27-18-9-10-20(25)21(26)14-18)33-24-29-28-22(15-19-8-5-13-32-19)30(24)12-11-17-6-3-2-4-7-17/h2-10,13-14,16H,11-12,15H2,1H3,(H,27,31). The van der Waals surface area contributed by atoms with E-state index in [-0.39, 0.29) is 11.6 Å². The lowest BCUT2D eigenvalue weighted by molar-refractivity contribution is -0.115. The fraction of sp³-hybridized carbons (Fsp3) is 0.208. The van der Waals surface area contributed by atoms with Crippen LogP contribution in [0.25, 0.3) is 0 Å². The number of thioether (sulfide) groups is 1. The van der Waals surface area contributed by atoms with E-state index in [9.17, 15) is 13.6 Å². The molecule has 1 N–H and O–H groups in total. The van der Waals surface area contributed by atoms with Crippen LogP contribution >= 0.6 is 23.1 Å². The molecule has 0 aliphatic heterocycles. The molecule has 1 unspecified atom stereocenters. The second kappa shape index (κ2) is 10.7. The Morgan fingerprint density at radius 3 is 2.64 bits per heavy atom. The Labute approximate surface area is 198 Å².